The molecule has 2 aliphatic heterocycles. The molecule has 23 heteroatoms. The first-order valence-corrected chi connectivity index (χ1v) is 25.6. The van der Waals surface area contributed by atoms with Gasteiger partial charge in [-0.1, -0.05) is 38.1 Å². The first kappa shape index (κ1) is 61.8. The number of nitrogens with one attached hydrogen (secondary N) is 2. The molecule has 2 saturated heterocycles. The quantitative estimate of drug-likeness (QED) is 0.0498. The number of nitrogens with zero attached hydrogens (tertiary/aromatic N) is 2. The Morgan fingerprint density at radius 1 is 0.667 bits per heavy atom. The minimum Gasteiger partial charge on any atom is -0.503 e. The van der Waals surface area contributed by atoms with Crippen molar-refractivity contribution in [2.45, 2.75) is 96.8 Å². The van der Waals surface area contributed by atoms with Gasteiger partial charge in [-0.05, 0) is 81.8 Å². The van der Waals surface area contributed by atoms with E-state index < -0.39 is 72.7 Å². The Balaban J connectivity index is 0.000000293. The van der Waals surface area contributed by atoms with Gasteiger partial charge in [0.1, 0.15) is 30.4 Å². The number of aromatic nitrogens is 2. The molecule has 2 aliphatic rings. The average molecular weight is 1100 g/mol. The van der Waals surface area contributed by atoms with Crippen molar-refractivity contribution in [3.05, 3.63) is 107 Å². The van der Waals surface area contributed by atoms with E-state index in [1.54, 1.807) is 45.0 Å². The van der Waals surface area contributed by atoms with Gasteiger partial charge in [0.05, 0.1) is 52.9 Å². The molecule has 78 heavy (non-hydrogen) atoms. The zero-order chi connectivity index (χ0) is 56.6. The summed E-state index contributed by atoms with van der Waals surface area (Å²) in [6.07, 6.45) is 3.12. The van der Waals surface area contributed by atoms with Crippen LogP contribution in [0.4, 0.5) is 8.78 Å². The summed E-state index contributed by atoms with van der Waals surface area (Å²) in [5.74, 6) is -5.16. The summed E-state index contributed by atoms with van der Waals surface area (Å²) in [6.45, 7) is 9.69. The van der Waals surface area contributed by atoms with Crippen LogP contribution in [0.3, 0.4) is 0 Å². The Kier molecular flexibility index (Phi) is 25.3. The highest BCUT2D eigenvalue weighted by molar-refractivity contribution is 5.99. The molecule has 6 rings (SSSR count). The molecule has 0 bridgehead atoms. The van der Waals surface area contributed by atoms with Crippen LogP contribution in [0.2, 0.25) is 0 Å². The van der Waals surface area contributed by atoms with E-state index in [0.717, 1.165) is 24.0 Å². The topological polar surface area (TPSA) is 257 Å². The number of rotatable bonds is 22. The normalized spacial score (nSPS) is 21.7. The van der Waals surface area contributed by atoms with Gasteiger partial charge in [0.25, 0.3) is 11.8 Å². The summed E-state index contributed by atoms with van der Waals surface area (Å²) in [5.41, 5.74) is 1.22. The largest absolute Gasteiger partial charge is 0.503 e. The molecule has 8 atom stereocenters. The van der Waals surface area contributed by atoms with E-state index in [4.69, 9.17) is 52.1 Å². The van der Waals surface area contributed by atoms with Crippen LogP contribution in [0.5, 0.6) is 23.0 Å². The molecule has 0 unspecified atom stereocenters. The fraction of sp³-hybridized carbons (Fsp3) is 0.509. The maximum atomic E-state index is 13.5. The zero-order valence-corrected chi connectivity index (χ0v) is 44.9. The third kappa shape index (κ3) is 18.6. The second-order valence-electron chi connectivity index (χ2n) is 18.0. The molecule has 0 radical (unpaired) electrons. The molecule has 0 saturated carbocycles. The monoisotopic (exact) mass is 1100 g/mol. The lowest BCUT2D eigenvalue weighted by Crippen LogP contribution is -2.46. The van der Waals surface area contributed by atoms with Crippen LogP contribution in [0.1, 0.15) is 79.6 Å². The highest BCUT2D eigenvalue weighted by atomic mass is 19.1. The van der Waals surface area contributed by atoms with E-state index in [0.29, 0.717) is 32.7 Å². The van der Waals surface area contributed by atoms with Crippen molar-refractivity contribution in [1.29, 1.82) is 0 Å². The first-order valence-electron chi connectivity index (χ1n) is 25.6. The number of carbonyl (C=O) groups excluding carboxylic acids is 5. The SMILES string of the molecule is CCCO[C@H]1COC[C@H](NC(=O)c2nccc(OC)c2O)C(=O)O[C@@H](C)[C@@H]1Cc1ccc(F)cc1.CCCO[C@H]1COC[C@H](NC(=O)c2nccc(OC)c2OCOC(=O)COCC)C(=O)O[C@@H](C)[C@@H]1Cc1ccc(F)cc1. The van der Waals surface area contributed by atoms with Crippen LogP contribution in [-0.4, -0.2) is 155 Å². The van der Waals surface area contributed by atoms with Crippen LogP contribution >= 0.6 is 0 Å². The Bertz CT molecular complexity index is 2540. The van der Waals surface area contributed by atoms with Crippen LogP contribution in [-0.2, 0) is 65.1 Å². The molecular formula is C55H70F2N4O17. The van der Waals surface area contributed by atoms with E-state index in [1.807, 2.05) is 13.8 Å². The van der Waals surface area contributed by atoms with Crippen LogP contribution in [0.15, 0.2) is 73.1 Å². The predicted octanol–water partition coefficient (Wildman–Crippen LogP) is 5.51. The van der Waals surface area contributed by atoms with Crippen molar-refractivity contribution in [2.75, 3.05) is 73.9 Å². The van der Waals surface area contributed by atoms with Gasteiger partial charge >= 0.3 is 17.9 Å². The number of esters is 3. The molecule has 3 N–H and O–H groups in total. The minimum absolute atomic E-state index is 0.0756. The summed E-state index contributed by atoms with van der Waals surface area (Å²) < 4.78 is 87.9. The number of hydrogen-bond donors (Lipinski definition) is 3. The maximum absolute atomic E-state index is 13.5. The summed E-state index contributed by atoms with van der Waals surface area (Å²) in [6, 6.07) is 12.8. The summed E-state index contributed by atoms with van der Waals surface area (Å²) >= 11 is 0. The van der Waals surface area contributed by atoms with Crippen molar-refractivity contribution >= 4 is 29.7 Å². The number of pyridine rings is 2. The molecule has 0 aliphatic carbocycles. The Hall–Kier alpha value is -7.05. The number of methoxy groups -OCH3 is 2. The van der Waals surface area contributed by atoms with Gasteiger partial charge in [-0.15, -0.1) is 0 Å². The molecular weight excluding hydrogens is 1030 g/mol. The fourth-order valence-corrected chi connectivity index (χ4v) is 8.25. The van der Waals surface area contributed by atoms with Crippen molar-refractivity contribution in [3.63, 3.8) is 0 Å². The fourth-order valence-electron chi connectivity index (χ4n) is 8.25. The van der Waals surface area contributed by atoms with Crippen LogP contribution in [0, 0.1) is 23.5 Å². The highest BCUT2D eigenvalue weighted by Gasteiger charge is 2.38. The Morgan fingerprint density at radius 3 is 1.59 bits per heavy atom. The molecule has 2 fully saturated rings. The zero-order valence-electron chi connectivity index (χ0n) is 44.9. The Morgan fingerprint density at radius 2 is 1.13 bits per heavy atom. The van der Waals surface area contributed by atoms with E-state index in [1.165, 1.54) is 63.0 Å². The maximum Gasteiger partial charge on any atom is 0.334 e. The first-order chi connectivity index (χ1) is 37.6. The number of carbonyl (C=O) groups is 5. The predicted molar refractivity (Wildman–Crippen MR) is 274 cm³/mol. The highest BCUT2D eigenvalue weighted by Crippen LogP contribution is 2.31. The van der Waals surface area contributed by atoms with Gasteiger partial charge in [-0.3, -0.25) is 9.59 Å². The molecule has 2 aromatic heterocycles. The van der Waals surface area contributed by atoms with Gasteiger partial charge in [0, 0.05) is 56.2 Å². The summed E-state index contributed by atoms with van der Waals surface area (Å²) in [4.78, 5) is 72.0. The van der Waals surface area contributed by atoms with Crippen molar-refractivity contribution in [1.82, 2.24) is 20.6 Å². The number of benzene rings is 2. The number of cyclic esters (lactones) is 2. The smallest absolute Gasteiger partial charge is 0.334 e. The molecule has 4 aromatic rings. The van der Waals surface area contributed by atoms with Gasteiger partial charge in [0.15, 0.2) is 46.5 Å². The van der Waals surface area contributed by atoms with Gasteiger partial charge < -0.3 is 67.8 Å². The lowest BCUT2D eigenvalue weighted by molar-refractivity contribution is -0.156. The second kappa shape index (κ2) is 32.0. The second-order valence-corrected chi connectivity index (χ2v) is 18.0. The molecule has 21 nitrogen and oxygen atoms in total. The molecule has 426 valence electrons. The van der Waals surface area contributed by atoms with Crippen LogP contribution < -0.4 is 24.8 Å². The summed E-state index contributed by atoms with van der Waals surface area (Å²) in [5, 5.41) is 15.3. The van der Waals surface area contributed by atoms with E-state index in [2.05, 4.69) is 20.6 Å². The minimum atomic E-state index is -1.18. The third-order valence-corrected chi connectivity index (χ3v) is 12.4. The van der Waals surface area contributed by atoms with Crippen molar-refractivity contribution in [2.24, 2.45) is 11.8 Å². The van der Waals surface area contributed by atoms with Gasteiger partial charge in [0.2, 0.25) is 6.79 Å². The van der Waals surface area contributed by atoms with Gasteiger partial charge in [-0.2, -0.15) is 0 Å². The lowest BCUT2D eigenvalue weighted by Gasteiger charge is -2.30. The van der Waals surface area contributed by atoms with E-state index in [-0.39, 0.29) is 91.2 Å². The molecule has 2 amide bonds. The van der Waals surface area contributed by atoms with E-state index in [9.17, 15) is 37.9 Å². The molecule has 4 heterocycles. The number of aromatic hydroxyl groups is 1. The number of halogens is 2. The number of ether oxygens (including phenoxy) is 11. The Labute approximate surface area is 451 Å². The van der Waals surface area contributed by atoms with Crippen LogP contribution in [0.25, 0.3) is 0 Å². The van der Waals surface area contributed by atoms with Crippen molar-refractivity contribution in [3.8, 4) is 23.0 Å². The lowest BCUT2D eigenvalue weighted by atomic mass is 9.89. The molecule has 0 spiro atoms. The third-order valence-electron chi connectivity index (χ3n) is 12.4. The van der Waals surface area contributed by atoms with E-state index >= 15 is 0 Å². The average Bonchev–Trinajstić information content (AvgIpc) is 3.55. The van der Waals surface area contributed by atoms with Crippen molar-refractivity contribution < 1.29 is 90.0 Å². The van der Waals surface area contributed by atoms with Gasteiger partial charge in [-0.25, -0.2) is 33.1 Å². The number of amides is 2. The number of hydrogen-bond acceptors (Lipinski definition) is 19. The standard InChI is InChI=1S/C30H39FN2O10.C25H31FN2O7/c1-5-13-40-25-16-39-15-23(30(36)43-19(3)22(25)14-20-7-9-21(31)10-8-20)33-29(35)27-28(24(37-4)11-12-32-27)42-18-41-26(34)17-38-6-2;1-4-11-34-21-14-33-13-19(28-24(30)22-23(29)20(32-3)9-10-27-22)25(31)35-15(2)18(21)12-16-5-7-17(26)8-6-16/h7-12,19,22-23,25H,5-6,13-18H2,1-4H3,(H,33,35);5-10,15,18-19,21,29H,4,11-14H2,1-3H3,(H,28,30)/t19-,22-,23-,25-;15-,18-,19-,21-/m00/s1. The molecule has 2 aromatic carbocycles. The summed E-state index contributed by atoms with van der Waals surface area (Å²) in [7, 11) is 2.72.